The third kappa shape index (κ3) is 4.80. The van der Waals surface area contributed by atoms with Gasteiger partial charge < -0.3 is 5.32 Å². The van der Waals surface area contributed by atoms with Crippen LogP contribution < -0.4 is 5.32 Å². The second-order valence-electron chi connectivity index (χ2n) is 6.51. The Kier molecular flexibility index (Phi) is 6.36. The molecule has 1 N–H and O–H groups in total. The van der Waals surface area contributed by atoms with Gasteiger partial charge in [-0.1, -0.05) is 51.6 Å². The number of carbonyl (C=O) groups excluding carboxylic acids is 1. The minimum atomic E-state index is -0.00842. The van der Waals surface area contributed by atoms with Gasteiger partial charge in [0, 0.05) is 6.04 Å². The number of nitrogens with zero attached hydrogens (tertiary/aromatic N) is 4. The third-order valence-electron chi connectivity index (χ3n) is 3.97. The third-order valence-corrected chi connectivity index (χ3v) is 4.89. The summed E-state index contributed by atoms with van der Waals surface area (Å²) in [6.07, 6.45) is 0. The lowest BCUT2D eigenvalue weighted by atomic mass is 10.0. The second kappa shape index (κ2) is 8.28. The molecule has 130 valence electrons. The molecule has 1 aromatic heterocycles. The van der Waals surface area contributed by atoms with E-state index in [0.717, 1.165) is 5.69 Å². The Morgan fingerprint density at radius 2 is 1.83 bits per heavy atom. The summed E-state index contributed by atoms with van der Waals surface area (Å²) in [5.41, 5.74) is 2.16. The lowest BCUT2D eigenvalue weighted by Gasteiger charge is -2.17. The average Bonchev–Trinajstić information content (AvgIpc) is 3.01. The van der Waals surface area contributed by atoms with Crippen molar-refractivity contribution >= 4 is 17.7 Å². The van der Waals surface area contributed by atoms with Gasteiger partial charge in [0.25, 0.3) is 0 Å². The standard InChI is InChI=1S/C17H25N5OS/c1-11(2)13(5)18-16(23)10-24-17-19-20-21-22(17)15-8-6-14(7-9-15)12(3)4/h6-9,11-13H,10H2,1-5H3,(H,18,23)/t13-/m1/s1. The molecule has 0 unspecified atom stereocenters. The largest absolute Gasteiger partial charge is 0.353 e. The number of amides is 1. The summed E-state index contributed by atoms with van der Waals surface area (Å²) >= 11 is 1.34. The first kappa shape index (κ1) is 18.4. The molecule has 0 spiro atoms. The number of hydrogen-bond acceptors (Lipinski definition) is 5. The Bertz CT molecular complexity index is 666. The van der Waals surface area contributed by atoms with E-state index in [4.69, 9.17) is 0 Å². The van der Waals surface area contributed by atoms with Gasteiger partial charge >= 0.3 is 0 Å². The summed E-state index contributed by atoms with van der Waals surface area (Å²) in [6, 6.07) is 8.30. The number of rotatable bonds is 7. The molecule has 1 aromatic carbocycles. The van der Waals surface area contributed by atoms with E-state index < -0.39 is 0 Å². The van der Waals surface area contributed by atoms with Crippen molar-refractivity contribution in [2.75, 3.05) is 5.75 Å². The fourth-order valence-corrected chi connectivity index (χ4v) is 2.73. The Balaban J connectivity index is 2.01. The smallest absolute Gasteiger partial charge is 0.230 e. The fraction of sp³-hybridized carbons (Fsp3) is 0.529. The van der Waals surface area contributed by atoms with E-state index in [1.54, 1.807) is 4.68 Å². The van der Waals surface area contributed by atoms with Gasteiger partial charge in [-0.05, 0) is 46.9 Å². The highest BCUT2D eigenvalue weighted by atomic mass is 32.2. The molecule has 7 heteroatoms. The zero-order valence-corrected chi connectivity index (χ0v) is 15.7. The quantitative estimate of drug-likeness (QED) is 0.779. The van der Waals surface area contributed by atoms with Crippen molar-refractivity contribution in [1.82, 2.24) is 25.5 Å². The summed E-state index contributed by atoms with van der Waals surface area (Å²) in [7, 11) is 0. The predicted molar refractivity (Wildman–Crippen MR) is 96.4 cm³/mol. The van der Waals surface area contributed by atoms with Crippen molar-refractivity contribution in [2.24, 2.45) is 5.92 Å². The first-order valence-electron chi connectivity index (χ1n) is 8.19. The van der Waals surface area contributed by atoms with Crippen molar-refractivity contribution in [3.63, 3.8) is 0 Å². The predicted octanol–water partition coefficient (Wildman–Crippen LogP) is 3.04. The molecule has 2 aromatic rings. The van der Waals surface area contributed by atoms with Gasteiger partial charge in [0.15, 0.2) is 0 Å². The molecule has 2 rings (SSSR count). The molecule has 1 heterocycles. The summed E-state index contributed by atoms with van der Waals surface area (Å²) in [4.78, 5) is 12.0. The molecule has 0 radical (unpaired) electrons. The molecule has 6 nitrogen and oxygen atoms in total. The Hall–Kier alpha value is -1.89. The van der Waals surface area contributed by atoms with Gasteiger partial charge in [0.05, 0.1) is 11.4 Å². The van der Waals surface area contributed by atoms with Crippen LogP contribution in [0.5, 0.6) is 0 Å². The molecule has 0 saturated carbocycles. The van der Waals surface area contributed by atoms with E-state index in [2.05, 4.69) is 60.7 Å². The van der Waals surface area contributed by atoms with E-state index >= 15 is 0 Å². The van der Waals surface area contributed by atoms with E-state index in [-0.39, 0.29) is 11.9 Å². The van der Waals surface area contributed by atoms with Gasteiger partial charge in [-0.3, -0.25) is 4.79 Å². The lowest BCUT2D eigenvalue weighted by molar-refractivity contribution is -0.119. The van der Waals surface area contributed by atoms with Crippen LogP contribution in [0.15, 0.2) is 29.4 Å². The van der Waals surface area contributed by atoms with Gasteiger partial charge in [-0.2, -0.15) is 4.68 Å². The van der Waals surface area contributed by atoms with Crippen LogP contribution in [0.2, 0.25) is 0 Å². The first-order valence-corrected chi connectivity index (χ1v) is 9.18. The van der Waals surface area contributed by atoms with Crippen LogP contribution in [0.3, 0.4) is 0 Å². The fourth-order valence-electron chi connectivity index (χ4n) is 2.02. The van der Waals surface area contributed by atoms with Crippen LogP contribution in [0, 0.1) is 5.92 Å². The van der Waals surface area contributed by atoms with Crippen molar-refractivity contribution < 1.29 is 4.79 Å². The van der Waals surface area contributed by atoms with E-state index in [1.807, 2.05) is 19.1 Å². The van der Waals surface area contributed by atoms with Crippen molar-refractivity contribution in [1.29, 1.82) is 0 Å². The zero-order valence-electron chi connectivity index (χ0n) is 14.9. The van der Waals surface area contributed by atoms with Crippen LogP contribution in [-0.4, -0.2) is 37.9 Å². The lowest BCUT2D eigenvalue weighted by Crippen LogP contribution is -2.37. The topological polar surface area (TPSA) is 72.7 Å². The van der Waals surface area contributed by atoms with Crippen LogP contribution in [0.1, 0.15) is 46.1 Å². The van der Waals surface area contributed by atoms with Crippen LogP contribution in [0.25, 0.3) is 5.69 Å². The molecular formula is C17H25N5OS. The Labute approximate surface area is 147 Å². The van der Waals surface area contributed by atoms with E-state index in [9.17, 15) is 4.79 Å². The van der Waals surface area contributed by atoms with Crippen LogP contribution in [-0.2, 0) is 4.79 Å². The van der Waals surface area contributed by atoms with E-state index in [0.29, 0.717) is 22.7 Å². The van der Waals surface area contributed by atoms with Gasteiger partial charge in [0.2, 0.25) is 11.1 Å². The van der Waals surface area contributed by atoms with E-state index in [1.165, 1.54) is 17.3 Å². The Morgan fingerprint density at radius 3 is 2.42 bits per heavy atom. The molecule has 24 heavy (non-hydrogen) atoms. The molecule has 0 aliphatic heterocycles. The number of carbonyl (C=O) groups is 1. The average molecular weight is 347 g/mol. The summed E-state index contributed by atoms with van der Waals surface area (Å²) in [6.45, 7) is 10.5. The summed E-state index contributed by atoms with van der Waals surface area (Å²) < 4.78 is 1.66. The number of aromatic nitrogens is 4. The minimum Gasteiger partial charge on any atom is -0.353 e. The number of benzene rings is 1. The number of nitrogens with one attached hydrogen (secondary N) is 1. The summed E-state index contributed by atoms with van der Waals surface area (Å²) in [5, 5.41) is 15.4. The molecule has 0 fully saturated rings. The highest BCUT2D eigenvalue weighted by Gasteiger charge is 2.14. The van der Waals surface area contributed by atoms with Crippen LogP contribution >= 0.6 is 11.8 Å². The first-order chi connectivity index (χ1) is 11.4. The van der Waals surface area contributed by atoms with Crippen molar-refractivity contribution in [2.45, 2.75) is 51.7 Å². The SMILES string of the molecule is CC(C)c1ccc(-n2nnnc2SCC(=O)N[C@H](C)C(C)C)cc1. The highest BCUT2D eigenvalue weighted by molar-refractivity contribution is 7.99. The maximum atomic E-state index is 12.0. The van der Waals surface area contributed by atoms with Gasteiger partial charge in [-0.15, -0.1) is 5.10 Å². The van der Waals surface area contributed by atoms with Gasteiger partial charge in [0.1, 0.15) is 0 Å². The maximum Gasteiger partial charge on any atom is 0.230 e. The molecular weight excluding hydrogens is 322 g/mol. The number of tetrazole rings is 1. The van der Waals surface area contributed by atoms with Crippen molar-refractivity contribution in [3.05, 3.63) is 29.8 Å². The molecule has 0 aliphatic carbocycles. The zero-order chi connectivity index (χ0) is 17.7. The molecule has 0 aliphatic rings. The highest BCUT2D eigenvalue weighted by Crippen LogP contribution is 2.20. The molecule has 0 saturated heterocycles. The monoisotopic (exact) mass is 347 g/mol. The van der Waals surface area contributed by atoms with Crippen LogP contribution in [0.4, 0.5) is 0 Å². The van der Waals surface area contributed by atoms with Gasteiger partial charge in [-0.25, -0.2) is 0 Å². The molecule has 0 bridgehead atoms. The second-order valence-corrected chi connectivity index (χ2v) is 7.45. The molecule has 1 amide bonds. The number of thioether (sulfide) groups is 1. The number of hydrogen-bond donors (Lipinski definition) is 1. The summed E-state index contributed by atoms with van der Waals surface area (Å²) in [5.74, 6) is 1.17. The maximum absolute atomic E-state index is 12.0. The van der Waals surface area contributed by atoms with Crippen molar-refractivity contribution in [3.8, 4) is 5.69 Å². The molecule has 1 atom stereocenters. The minimum absolute atomic E-state index is 0.00842. The Morgan fingerprint density at radius 1 is 1.17 bits per heavy atom. The normalized spacial score (nSPS) is 12.6.